The van der Waals surface area contributed by atoms with Crippen molar-refractivity contribution in [2.45, 2.75) is 90.0 Å². The Bertz CT molecular complexity index is 1000. The highest BCUT2D eigenvalue weighted by Gasteiger charge is 2.80. The Balaban J connectivity index is 1.73. The second kappa shape index (κ2) is 10.7. The monoisotopic (exact) mass is 513 g/mol. The molecule has 3 fully saturated rings. The standard InChI is InChI=1S/C29H43N3O5/c1-6-7-11-14-30-26(35)24-29-16-19(4)28(5,37-29)22(25(34)31-20-12-9-8-10-13-20)23(29)27(36)32(24)21(17-33)15-18(2)3/h8-10,12-13,18-19,21-24,33H,6-7,11,14-17H2,1-5H3,(H,30,35)(H,31,34)/t19?,21-,22+,23+,24?,28-,29?/m1/s1. The maximum absolute atomic E-state index is 14.2. The van der Waals surface area contributed by atoms with E-state index in [9.17, 15) is 19.5 Å². The molecule has 37 heavy (non-hydrogen) atoms. The zero-order chi connectivity index (χ0) is 27.0. The number of hydrogen-bond donors (Lipinski definition) is 3. The third kappa shape index (κ3) is 4.67. The van der Waals surface area contributed by atoms with E-state index in [0.717, 1.165) is 19.3 Å². The fourth-order valence-electron chi connectivity index (χ4n) is 7.01. The number of anilines is 1. The van der Waals surface area contributed by atoms with Crippen LogP contribution in [0.4, 0.5) is 5.69 Å². The van der Waals surface area contributed by atoms with Crippen molar-refractivity contribution in [3.8, 4) is 0 Å². The van der Waals surface area contributed by atoms with Crippen molar-refractivity contribution >= 4 is 23.4 Å². The maximum Gasteiger partial charge on any atom is 0.245 e. The molecule has 3 amide bonds. The van der Waals surface area contributed by atoms with E-state index >= 15 is 0 Å². The van der Waals surface area contributed by atoms with Crippen molar-refractivity contribution in [1.82, 2.24) is 10.2 Å². The molecule has 0 radical (unpaired) electrons. The van der Waals surface area contributed by atoms with Gasteiger partial charge in [0.15, 0.2) is 0 Å². The number of ether oxygens (including phenoxy) is 1. The summed E-state index contributed by atoms with van der Waals surface area (Å²) >= 11 is 0. The highest BCUT2D eigenvalue weighted by Crippen LogP contribution is 2.65. The van der Waals surface area contributed by atoms with Crippen LogP contribution in [-0.4, -0.2) is 64.2 Å². The maximum atomic E-state index is 14.2. The van der Waals surface area contributed by atoms with Crippen molar-refractivity contribution in [1.29, 1.82) is 0 Å². The van der Waals surface area contributed by atoms with E-state index in [2.05, 4.69) is 17.6 Å². The van der Waals surface area contributed by atoms with E-state index in [1.807, 2.05) is 58.0 Å². The van der Waals surface area contributed by atoms with Crippen molar-refractivity contribution in [3.05, 3.63) is 30.3 Å². The Morgan fingerprint density at radius 3 is 2.51 bits per heavy atom. The van der Waals surface area contributed by atoms with Crippen LogP contribution in [0.3, 0.4) is 0 Å². The van der Waals surface area contributed by atoms with Crippen molar-refractivity contribution in [2.75, 3.05) is 18.5 Å². The van der Waals surface area contributed by atoms with Gasteiger partial charge in [0.05, 0.1) is 30.1 Å². The Kier molecular flexibility index (Phi) is 8.00. The Labute approximate surface area is 220 Å². The molecule has 0 aliphatic carbocycles. The number of carbonyl (C=O) groups excluding carboxylic acids is 3. The predicted octanol–water partition coefficient (Wildman–Crippen LogP) is 3.35. The molecule has 4 rings (SSSR count). The molecule has 7 atom stereocenters. The lowest BCUT2D eigenvalue weighted by molar-refractivity contribution is -0.150. The number of likely N-dealkylation sites (tertiary alicyclic amines) is 1. The van der Waals surface area contributed by atoms with Crippen LogP contribution in [0, 0.1) is 23.7 Å². The Morgan fingerprint density at radius 2 is 1.89 bits per heavy atom. The lowest BCUT2D eigenvalue weighted by Gasteiger charge is -2.37. The number of fused-ring (bicyclic) bond motifs is 1. The van der Waals surface area contributed by atoms with Crippen molar-refractivity contribution < 1.29 is 24.2 Å². The molecule has 1 aromatic rings. The molecule has 3 saturated heterocycles. The molecule has 1 aromatic carbocycles. The van der Waals surface area contributed by atoms with Gasteiger partial charge in [0.25, 0.3) is 0 Å². The van der Waals surface area contributed by atoms with Gasteiger partial charge in [-0.2, -0.15) is 0 Å². The van der Waals surface area contributed by atoms with Gasteiger partial charge in [0, 0.05) is 12.2 Å². The normalized spacial score (nSPS) is 33.1. The fraction of sp³-hybridized carbons (Fsp3) is 0.690. The number of hydrogen-bond acceptors (Lipinski definition) is 5. The molecule has 1 spiro atoms. The number of para-hydroxylation sites is 1. The van der Waals surface area contributed by atoms with Crippen LogP contribution in [0.5, 0.6) is 0 Å². The smallest absolute Gasteiger partial charge is 0.245 e. The minimum atomic E-state index is -1.11. The van der Waals surface area contributed by atoms with Crippen LogP contribution in [-0.2, 0) is 19.1 Å². The van der Waals surface area contributed by atoms with E-state index in [1.165, 1.54) is 0 Å². The van der Waals surface area contributed by atoms with Gasteiger partial charge in [0.1, 0.15) is 11.6 Å². The summed E-state index contributed by atoms with van der Waals surface area (Å²) < 4.78 is 6.75. The van der Waals surface area contributed by atoms with Gasteiger partial charge in [-0.25, -0.2) is 0 Å². The van der Waals surface area contributed by atoms with E-state index in [4.69, 9.17) is 4.74 Å². The van der Waals surface area contributed by atoms with Crippen LogP contribution in [0.25, 0.3) is 0 Å². The summed E-state index contributed by atoms with van der Waals surface area (Å²) in [6, 6.07) is 7.78. The second-order valence-corrected chi connectivity index (χ2v) is 11.8. The number of aliphatic hydroxyl groups is 1. The van der Waals surface area contributed by atoms with Gasteiger partial charge in [-0.3, -0.25) is 14.4 Å². The topological polar surface area (TPSA) is 108 Å². The third-order valence-corrected chi connectivity index (χ3v) is 8.75. The van der Waals surface area contributed by atoms with Crippen LogP contribution in [0.15, 0.2) is 30.3 Å². The number of aliphatic hydroxyl groups excluding tert-OH is 1. The van der Waals surface area contributed by atoms with Gasteiger partial charge in [0.2, 0.25) is 17.7 Å². The molecule has 8 nitrogen and oxygen atoms in total. The first-order chi connectivity index (χ1) is 17.6. The molecule has 8 heteroatoms. The molecule has 3 aliphatic heterocycles. The molecule has 0 saturated carbocycles. The fourth-order valence-corrected chi connectivity index (χ4v) is 7.01. The van der Waals surface area contributed by atoms with Gasteiger partial charge in [-0.05, 0) is 50.2 Å². The van der Waals surface area contributed by atoms with Crippen LogP contribution in [0.2, 0.25) is 0 Å². The van der Waals surface area contributed by atoms with E-state index < -0.39 is 35.1 Å². The van der Waals surface area contributed by atoms with E-state index in [1.54, 1.807) is 4.90 Å². The first kappa shape index (κ1) is 27.6. The number of unbranched alkanes of at least 4 members (excludes halogenated alkanes) is 2. The number of benzene rings is 1. The van der Waals surface area contributed by atoms with Crippen LogP contribution < -0.4 is 10.6 Å². The van der Waals surface area contributed by atoms with E-state index in [-0.39, 0.29) is 36.2 Å². The number of nitrogens with one attached hydrogen (secondary N) is 2. The van der Waals surface area contributed by atoms with Crippen molar-refractivity contribution in [2.24, 2.45) is 23.7 Å². The third-order valence-electron chi connectivity index (χ3n) is 8.75. The number of nitrogens with zero attached hydrogens (tertiary/aromatic N) is 1. The largest absolute Gasteiger partial charge is 0.394 e. The Morgan fingerprint density at radius 1 is 1.19 bits per heavy atom. The molecule has 3 unspecified atom stereocenters. The van der Waals surface area contributed by atoms with Gasteiger partial charge in [-0.15, -0.1) is 0 Å². The van der Waals surface area contributed by atoms with Gasteiger partial charge in [-0.1, -0.05) is 58.7 Å². The van der Waals surface area contributed by atoms with Gasteiger partial charge >= 0.3 is 0 Å². The van der Waals surface area contributed by atoms with E-state index in [0.29, 0.717) is 25.1 Å². The molecular weight excluding hydrogens is 470 g/mol. The average molecular weight is 514 g/mol. The van der Waals surface area contributed by atoms with Gasteiger partial charge < -0.3 is 25.4 Å². The molecule has 3 N–H and O–H groups in total. The first-order valence-corrected chi connectivity index (χ1v) is 13.9. The number of amides is 3. The first-order valence-electron chi connectivity index (χ1n) is 13.9. The summed E-state index contributed by atoms with van der Waals surface area (Å²) in [6.45, 7) is 10.4. The highest BCUT2D eigenvalue weighted by atomic mass is 16.5. The highest BCUT2D eigenvalue weighted by molar-refractivity contribution is 6.02. The predicted molar refractivity (Wildman–Crippen MR) is 142 cm³/mol. The number of rotatable bonds is 11. The zero-order valence-electron chi connectivity index (χ0n) is 22.8. The molecule has 3 aliphatic rings. The van der Waals surface area contributed by atoms with Crippen LogP contribution >= 0.6 is 0 Å². The minimum absolute atomic E-state index is 0.0314. The summed E-state index contributed by atoms with van der Waals surface area (Å²) in [5.74, 6) is -2.15. The summed E-state index contributed by atoms with van der Waals surface area (Å²) in [6.07, 6.45) is 3.96. The zero-order valence-corrected chi connectivity index (χ0v) is 22.8. The summed E-state index contributed by atoms with van der Waals surface area (Å²) in [5.41, 5.74) is -1.33. The Hall–Kier alpha value is -2.45. The second-order valence-electron chi connectivity index (χ2n) is 11.8. The molecule has 3 heterocycles. The SMILES string of the molecule is CCCCCNC(=O)C1N([C@@H](CO)CC(C)C)C(=O)[C@@H]2[C@@H](C(=O)Nc3ccccc3)[C@]3(C)OC12CC3C. The molecule has 2 bridgehead atoms. The van der Waals surface area contributed by atoms with Crippen LogP contribution in [0.1, 0.15) is 66.7 Å². The minimum Gasteiger partial charge on any atom is -0.394 e. The number of carbonyl (C=O) groups is 3. The summed E-state index contributed by atoms with van der Waals surface area (Å²) in [7, 11) is 0. The average Bonchev–Trinajstić information content (AvgIpc) is 3.37. The lowest BCUT2D eigenvalue weighted by atomic mass is 9.62. The molecule has 204 valence electrons. The molecule has 0 aromatic heterocycles. The molecular formula is C29H43N3O5. The lowest BCUT2D eigenvalue weighted by Crippen LogP contribution is -2.58. The summed E-state index contributed by atoms with van der Waals surface area (Å²) in [4.78, 5) is 43.4. The quantitative estimate of drug-likeness (QED) is 0.394. The van der Waals surface area contributed by atoms with Crippen molar-refractivity contribution in [3.63, 3.8) is 0 Å². The summed E-state index contributed by atoms with van der Waals surface area (Å²) in [5, 5.41) is 16.4.